The summed E-state index contributed by atoms with van der Waals surface area (Å²) in [6.07, 6.45) is -0.480. The van der Waals surface area contributed by atoms with Crippen LogP contribution in [0.1, 0.15) is 27.2 Å². The fraction of sp³-hybridized carbons (Fsp3) is 0.833. The average Bonchev–Trinajstić information content (AvgIpc) is 2.22. The van der Waals surface area contributed by atoms with Crippen molar-refractivity contribution in [3.8, 4) is 0 Å². The minimum atomic E-state index is -1.45. The molecule has 110 valence electrons. The largest absolute Gasteiger partial charge is 0.481 e. The number of urea groups is 1. The van der Waals surface area contributed by atoms with Gasteiger partial charge in [-0.05, 0) is 20.8 Å². The Hall–Kier alpha value is -1.34. The quantitative estimate of drug-likeness (QED) is 0.672. The molecule has 7 nitrogen and oxygen atoms in total. The number of aliphatic hydroxyl groups is 1. The standard InChI is InChI=1S/C12H22N2O5/c1-8-5-14(6-9(2)19-8)11(17)13-7-12(3,18)4-10(15)16/h8-9,18H,4-7H2,1-3H3,(H,13,17)(H,15,16). The number of carboxylic acid groups (broad SMARTS) is 1. The number of hydrogen-bond donors (Lipinski definition) is 3. The molecule has 3 N–H and O–H groups in total. The molecule has 19 heavy (non-hydrogen) atoms. The number of aliphatic carboxylic acids is 1. The van der Waals surface area contributed by atoms with Crippen LogP contribution in [-0.2, 0) is 9.53 Å². The maximum absolute atomic E-state index is 11.9. The van der Waals surface area contributed by atoms with Crippen LogP contribution in [0.4, 0.5) is 4.79 Å². The molecule has 1 rings (SSSR count). The Kier molecular flexibility index (Phi) is 5.13. The highest BCUT2D eigenvalue weighted by atomic mass is 16.5. The van der Waals surface area contributed by atoms with E-state index in [1.54, 1.807) is 4.90 Å². The lowest BCUT2D eigenvalue weighted by atomic mass is 10.0. The van der Waals surface area contributed by atoms with Crippen molar-refractivity contribution in [2.45, 2.75) is 45.0 Å². The normalized spacial score (nSPS) is 26.6. The molecule has 1 fully saturated rings. The number of ether oxygens (including phenoxy) is 1. The monoisotopic (exact) mass is 274 g/mol. The molecule has 0 bridgehead atoms. The Morgan fingerprint density at radius 2 is 1.89 bits per heavy atom. The molecule has 3 atom stereocenters. The molecule has 3 unspecified atom stereocenters. The summed E-state index contributed by atoms with van der Waals surface area (Å²) in [4.78, 5) is 24.1. The molecule has 2 amide bonds. The molecule has 7 heteroatoms. The average molecular weight is 274 g/mol. The Bertz CT molecular complexity index is 335. The van der Waals surface area contributed by atoms with Crippen molar-refractivity contribution in [2.24, 2.45) is 0 Å². The number of carbonyl (C=O) groups is 2. The minimum Gasteiger partial charge on any atom is -0.481 e. The van der Waals surface area contributed by atoms with Crippen LogP contribution in [0, 0.1) is 0 Å². The number of carboxylic acids is 1. The zero-order valence-corrected chi connectivity index (χ0v) is 11.5. The molecule has 0 spiro atoms. The van der Waals surface area contributed by atoms with Gasteiger partial charge in [-0.25, -0.2) is 4.79 Å². The molecule has 0 radical (unpaired) electrons. The summed E-state index contributed by atoms with van der Waals surface area (Å²) in [7, 11) is 0. The first-order valence-electron chi connectivity index (χ1n) is 6.32. The van der Waals surface area contributed by atoms with Crippen molar-refractivity contribution >= 4 is 12.0 Å². The van der Waals surface area contributed by atoms with E-state index in [1.165, 1.54) is 6.92 Å². The first-order valence-corrected chi connectivity index (χ1v) is 6.32. The number of carbonyl (C=O) groups excluding carboxylic acids is 1. The second kappa shape index (κ2) is 6.21. The van der Waals surface area contributed by atoms with Crippen LogP contribution in [0.3, 0.4) is 0 Å². The summed E-state index contributed by atoms with van der Waals surface area (Å²) in [5, 5.41) is 21.0. The second-order valence-electron chi connectivity index (χ2n) is 5.39. The number of nitrogens with zero attached hydrogens (tertiary/aromatic N) is 1. The molecular formula is C12H22N2O5. The fourth-order valence-electron chi connectivity index (χ4n) is 2.11. The number of nitrogens with one attached hydrogen (secondary N) is 1. The molecule has 0 aromatic carbocycles. The Morgan fingerprint density at radius 1 is 1.37 bits per heavy atom. The van der Waals surface area contributed by atoms with E-state index in [-0.39, 0.29) is 24.8 Å². The van der Waals surface area contributed by atoms with Gasteiger partial charge in [0.05, 0.1) is 24.2 Å². The zero-order chi connectivity index (χ0) is 14.6. The van der Waals surface area contributed by atoms with Gasteiger partial charge in [-0.1, -0.05) is 0 Å². The number of amides is 2. The lowest BCUT2D eigenvalue weighted by molar-refractivity contribution is -0.141. The summed E-state index contributed by atoms with van der Waals surface area (Å²) < 4.78 is 5.52. The van der Waals surface area contributed by atoms with Gasteiger partial charge in [0.25, 0.3) is 0 Å². The van der Waals surface area contributed by atoms with Crippen molar-refractivity contribution in [3.63, 3.8) is 0 Å². The summed E-state index contributed by atoms with van der Waals surface area (Å²) in [6, 6.07) is -0.312. The van der Waals surface area contributed by atoms with Crippen LogP contribution in [-0.4, -0.2) is 64.6 Å². The van der Waals surface area contributed by atoms with Crippen LogP contribution in [0.15, 0.2) is 0 Å². The third-order valence-electron chi connectivity index (χ3n) is 2.86. The zero-order valence-electron chi connectivity index (χ0n) is 11.5. The van der Waals surface area contributed by atoms with Gasteiger partial charge in [-0.15, -0.1) is 0 Å². The predicted octanol–water partition coefficient (Wildman–Crippen LogP) is 0.0309. The lowest BCUT2D eigenvalue weighted by Crippen LogP contribution is -2.54. The van der Waals surface area contributed by atoms with Crippen LogP contribution in [0.25, 0.3) is 0 Å². The smallest absolute Gasteiger partial charge is 0.317 e. The summed E-state index contributed by atoms with van der Waals surface area (Å²) in [5.41, 5.74) is -1.45. The molecule has 0 aliphatic carbocycles. The number of hydrogen-bond acceptors (Lipinski definition) is 4. The Morgan fingerprint density at radius 3 is 2.37 bits per heavy atom. The molecule has 0 saturated carbocycles. The van der Waals surface area contributed by atoms with E-state index in [2.05, 4.69) is 5.32 Å². The van der Waals surface area contributed by atoms with Gasteiger partial charge in [0.15, 0.2) is 0 Å². The van der Waals surface area contributed by atoms with Gasteiger partial charge in [0.2, 0.25) is 0 Å². The maximum atomic E-state index is 11.9. The highest BCUT2D eigenvalue weighted by Gasteiger charge is 2.29. The summed E-state index contributed by atoms with van der Waals surface area (Å²) in [5.74, 6) is -1.10. The van der Waals surface area contributed by atoms with Gasteiger partial charge >= 0.3 is 12.0 Å². The molecule has 0 aromatic rings. The van der Waals surface area contributed by atoms with Gasteiger partial charge in [0.1, 0.15) is 0 Å². The van der Waals surface area contributed by atoms with E-state index in [0.29, 0.717) is 13.1 Å². The van der Waals surface area contributed by atoms with Crippen molar-refractivity contribution in [1.82, 2.24) is 10.2 Å². The topological polar surface area (TPSA) is 99.1 Å². The molecular weight excluding hydrogens is 252 g/mol. The van der Waals surface area contributed by atoms with Gasteiger partial charge in [-0.2, -0.15) is 0 Å². The summed E-state index contributed by atoms with van der Waals surface area (Å²) >= 11 is 0. The number of morpholine rings is 1. The minimum absolute atomic E-state index is 0.0333. The van der Waals surface area contributed by atoms with Crippen LogP contribution < -0.4 is 5.32 Å². The fourth-order valence-corrected chi connectivity index (χ4v) is 2.11. The van der Waals surface area contributed by atoms with Crippen molar-refractivity contribution < 1.29 is 24.5 Å². The van der Waals surface area contributed by atoms with Gasteiger partial charge < -0.3 is 25.2 Å². The van der Waals surface area contributed by atoms with Crippen LogP contribution in [0.2, 0.25) is 0 Å². The lowest BCUT2D eigenvalue weighted by Gasteiger charge is -2.35. The van der Waals surface area contributed by atoms with E-state index in [4.69, 9.17) is 9.84 Å². The first kappa shape index (κ1) is 15.7. The number of rotatable bonds is 4. The van der Waals surface area contributed by atoms with Crippen molar-refractivity contribution in [2.75, 3.05) is 19.6 Å². The molecule has 1 heterocycles. The highest BCUT2D eigenvalue weighted by Crippen LogP contribution is 2.12. The molecule has 1 aliphatic heterocycles. The van der Waals surface area contributed by atoms with Gasteiger partial charge in [-0.3, -0.25) is 4.79 Å². The molecule has 1 saturated heterocycles. The highest BCUT2D eigenvalue weighted by molar-refractivity contribution is 5.74. The third kappa shape index (κ3) is 5.44. The molecule has 1 aliphatic rings. The second-order valence-corrected chi connectivity index (χ2v) is 5.39. The first-order chi connectivity index (χ1) is 8.69. The van der Waals surface area contributed by atoms with E-state index in [0.717, 1.165) is 0 Å². The SMILES string of the molecule is CC1CN(C(=O)NCC(C)(O)CC(=O)O)CC(C)O1. The van der Waals surface area contributed by atoms with Crippen molar-refractivity contribution in [3.05, 3.63) is 0 Å². The van der Waals surface area contributed by atoms with E-state index < -0.39 is 18.0 Å². The van der Waals surface area contributed by atoms with E-state index >= 15 is 0 Å². The third-order valence-corrected chi connectivity index (χ3v) is 2.86. The van der Waals surface area contributed by atoms with Crippen LogP contribution >= 0.6 is 0 Å². The Balaban J connectivity index is 2.44. The summed E-state index contributed by atoms with van der Waals surface area (Å²) in [6.45, 7) is 6.02. The van der Waals surface area contributed by atoms with E-state index in [9.17, 15) is 14.7 Å². The van der Waals surface area contributed by atoms with E-state index in [1.807, 2.05) is 13.8 Å². The van der Waals surface area contributed by atoms with Crippen LogP contribution in [0.5, 0.6) is 0 Å². The maximum Gasteiger partial charge on any atom is 0.317 e. The predicted molar refractivity (Wildman–Crippen MR) is 67.9 cm³/mol. The molecule has 0 aromatic heterocycles. The van der Waals surface area contributed by atoms with Crippen molar-refractivity contribution in [1.29, 1.82) is 0 Å². The Labute approximate surface area is 112 Å². The van der Waals surface area contributed by atoms with Gasteiger partial charge in [0, 0.05) is 19.6 Å².